The van der Waals surface area contributed by atoms with E-state index in [1.807, 2.05) is 0 Å². The molecular formula is C12H20N2. The number of hydrogen-bond donors (Lipinski definition) is 1. The molecule has 1 aromatic rings. The van der Waals surface area contributed by atoms with Crippen molar-refractivity contribution in [1.29, 1.82) is 0 Å². The van der Waals surface area contributed by atoms with E-state index >= 15 is 0 Å². The van der Waals surface area contributed by atoms with Crippen molar-refractivity contribution in [2.45, 2.75) is 38.6 Å². The molecule has 1 aliphatic rings. The second kappa shape index (κ2) is 4.18. The molecule has 1 unspecified atom stereocenters. The van der Waals surface area contributed by atoms with E-state index in [2.05, 4.69) is 36.2 Å². The van der Waals surface area contributed by atoms with E-state index in [-0.39, 0.29) is 0 Å². The fraction of sp³-hybridized carbons (Fsp3) is 0.667. The first-order valence-electron chi connectivity index (χ1n) is 5.69. The molecule has 2 nitrogen and oxygen atoms in total. The summed E-state index contributed by atoms with van der Waals surface area (Å²) < 4.78 is 2.19. The molecule has 14 heavy (non-hydrogen) atoms. The lowest BCUT2D eigenvalue weighted by molar-refractivity contribution is 0.502. The zero-order valence-electron chi connectivity index (χ0n) is 9.21. The van der Waals surface area contributed by atoms with Crippen LogP contribution < -0.4 is 5.32 Å². The van der Waals surface area contributed by atoms with Crippen molar-refractivity contribution >= 4 is 0 Å². The van der Waals surface area contributed by atoms with Crippen LogP contribution in [-0.2, 0) is 13.5 Å². The van der Waals surface area contributed by atoms with Gasteiger partial charge in [-0.05, 0) is 36.9 Å². The van der Waals surface area contributed by atoms with Gasteiger partial charge in [-0.15, -0.1) is 0 Å². The summed E-state index contributed by atoms with van der Waals surface area (Å²) in [6.07, 6.45) is 9.83. The minimum Gasteiger partial charge on any atom is -0.357 e. The molecule has 0 fully saturated rings. The molecule has 0 radical (unpaired) electrons. The van der Waals surface area contributed by atoms with E-state index < -0.39 is 0 Å². The Morgan fingerprint density at radius 3 is 3.07 bits per heavy atom. The number of fused-ring (bicyclic) bond motifs is 1. The molecule has 1 aliphatic carbocycles. The molecule has 0 saturated carbocycles. The van der Waals surface area contributed by atoms with Gasteiger partial charge in [0.2, 0.25) is 0 Å². The Bertz CT molecular complexity index is 301. The maximum Gasteiger partial charge on any atom is 0.0337 e. The van der Waals surface area contributed by atoms with Crippen molar-refractivity contribution < 1.29 is 0 Å². The molecule has 1 aromatic heterocycles. The van der Waals surface area contributed by atoms with Gasteiger partial charge in [0, 0.05) is 25.5 Å². The molecule has 2 rings (SSSR count). The van der Waals surface area contributed by atoms with Crippen molar-refractivity contribution in [2.75, 3.05) is 6.54 Å². The van der Waals surface area contributed by atoms with Crippen molar-refractivity contribution in [3.8, 4) is 0 Å². The maximum absolute atomic E-state index is 3.58. The minimum atomic E-state index is 0.596. The van der Waals surface area contributed by atoms with E-state index in [4.69, 9.17) is 0 Å². The largest absolute Gasteiger partial charge is 0.357 e. The second-order valence-corrected chi connectivity index (χ2v) is 4.26. The van der Waals surface area contributed by atoms with Crippen molar-refractivity contribution in [3.05, 3.63) is 23.5 Å². The lowest BCUT2D eigenvalue weighted by Gasteiger charge is -2.15. The van der Waals surface area contributed by atoms with Gasteiger partial charge in [-0.2, -0.15) is 0 Å². The molecule has 0 aliphatic heterocycles. The number of nitrogens with one attached hydrogen (secondary N) is 1. The van der Waals surface area contributed by atoms with Crippen LogP contribution in [0.3, 0.4) is 0 Å². The first kappa shape index (κ1) is 9.78. The quantitative estimate of drug-likeness (QED) is 0.712. The van der Waals surface area contributed by atoms with Gasteiger partial charge >= 0.3 is 0 Å². The zero-order chi connectivity index (χ0) is 9.97. The van der Waals surface area contributed by atoms with Gasteiger partial charge in [-0.1, -0.05) is 13.3 Å². The van der Waals surface area contributed by atoms with Crippen molar-refractivity contribution in [2.24, 2.45) is 7.05 Å². The van der Waals surface area contributed by atoms with Gasteiger partial charge < -0.3 is 9.88 Å². The monoisotopic (exact) mass is 192 g/mol. The normalized spacial score (nSPS) is 21.7. The predicted molar refractivity (Wildman–Crippen MR) is 59.4 cm³/mol. The van der Waals surface area contributed by atoms with Gasteiger partial charge in [0.05, 0.1) is 0 Å². The lowest BCUT2D eigenvalue weighted by Crippen LogP contribution is -2.20. The SMILES string of the molecule is CCNC1CCCCc2cn(C)cc21. The summed E-state index contributed by atoms with van der Waals surface area (Å²) >= 11 is 0. The molecule has 0 saturated heterocycles. The average molecular weight is 192 g/mol. The van der Waals surface area contributed by atoms with E-state index in [1.54, 1.807) is 5.56 Å². The lowest BCUT2D eigenvalue weighted by atomic mass is 10.0. The molecule has 1 N–H and O–H groups in total. The van der Waals surface area contributed by atoms with Crippen LogP contribution in [0.2, 0.25) is 0 Å². The first-order chi connectivity index (χ1) is 6.81. The fourth-order valence-electron chi connectivity index (χ4n) is 2.46. The van der Waals surface area contributed by atoms with Gasteiger partial charge in [0.25, 0.3) is 0 Å². The minimum absolute atomic E-state index is 0.596. The Hall–Kier alpha value is -0.760. The fourth-order valence-corrected chi connectivity index (χ4v) is 2.46. The zero-order valence-corrected chi connectivity index (χ0v) is 9.21. The Kier molecular flexibility index (Phi) is 2.92. The van der Waals surface area contributed by atoms with Gasteiger partial charge in [0.15, 0.2) is 0 Å². The third-order valence-corrected chi connectivity index (χ3v) is 3.09. The molecule has 0 aromatic carbocycles. The molecular weight excluding hydrogens is 172 g/mol. The topological polar surface area (TPSA) is 17.0 Å². The number of rotatable bonds is 2. The average Bonchev–Trinajstić information content (AvgIpc) is 2.43. The number of hydrogen-bond acceptors (Lipinski definition) is 1. The first-order valence-corrected chi connectivity index (χ1v) is 5.69. The van der Waals surface area contributed by atoms with Gasteiger partial charge in [-0.25, -0.2) is 0 Å². The molecule has 1 heterocycles. The summed E-state index contributed by atoms with van der Waals surface area (Å²) in [7, 11) is 2.12. The summed E-state index contributed by atoms with van der Waals surface area (Å²) in [5, 5.41) is 3.58. The van der Waals surface area contributed by atoms with Crippen LogP contribution in [0.25, 0.3) is 0 Å². The van der Waals surface area contributed by atoms with Crippen molar-refractivity contribution in [3.63, 3.8) is 0 Å². The Labute approximate surface area is 86.3 Å². The van der Waals surface area contributed by atoms with Crippen LogP contribution in [0.5, 0.6) is 0 Å². The van der Waals surface area contributed by atoms with E-state index in [9.17, 15) is 0 Å². The molecule has 1 atom stereocenters. The van der Waals surface area contributed by atoms with Crippen molar-refractivity contribution in [1.82, 2.24) is 9.88 Å². The van der Waals surface area contributed by atoms with Crippen LogP contribution in [0, 0.1) is 0 Å². The summed E-state index contributed by atoms with van der Waals surface area (Å²) in [6, 6.07) is 0.596. The third-order valence-electron chi connectivity index (χ3n) is 3.09. The van der Waals surface area contributed by atoms with Gasteiger partial charge in [0.1, 0.15) is 0 Å². The molecule has 78 valence electrons. The highest BCUT2D eigenvalue weighted by Gasteiger charge is 2.18. The molecule has 0 spiro atoms. The van der Waals surface area contributed by atoms with Crippen LogP contribution in [0.1, 0.15) is 43.4 Å². The maximum atomic E-state index is 3.58. The molecule has 2 heteroatoms. The Morgan fingerprint density at radius 1 is 1.43 bits per heavy atom. The third kappa shape index (κ3) is 1.85. The van der Waals surface area contributed by atoms with Gasteiger partial charge in [-0.3, -0.25) is 0 Å². The summed E-state index contributed by atoms with van der Waals surface area (Å²) in [6.45, 7) is 3.26. The Morgan fingerprint density at radius 2 is 2.29 bits per heavy atom. The van der Waals surface area contributed by atoms with Crippen LogP contribution in [-0.4, -0.2) is 11.1 Å². The number of nitrogens with zero attached hydrogens (tertiary/aromatic N) is 1. The standard InChI is InChI=1S/C12H20N2/c1-3-13-12-7-5-4-6-10-8-14(2)9-11(10)12/h8-9,12-13H,3-7H2,1-2H3. The number of aryl methyl sites for hydroxylation is 2. The summed E-state index contributed by atoms with van der Waals surface area (Å²) in [5.41, 5.74) is 3.09. The van der Waals surface area contributed by atoms with Crippen LogP contribution in [0.4, 0.5) is 0 Å². The van der Waals surface area contributed by atoms with Crippen LogP contribution >= 0.6 is 0 Å². The predicted octanol–water partition coefficient (Wildman–Crippen LogP) is 2.40. The Balaban J connectivity index is 2.26. The van der Waals surface area contributed by atoms with Crippen LogP contribution in [0.15, 0.2) is 12.4 Å². The highest BCUT2D eigenvalue weighted by molar-refractivity contribution is 5.28. The smallest absolute Gasteiger partial charge is 0.0337 e. The van der Waals surface area contributed by atoms with E-state index in [0.717, 1.165) is 6.54 Å². The van der Waals surface area contributed by atoms with E-state index in [1.165, 1.54) is 31.2 Å². The molecule has 0 bridgehead atoms. The molecule has 0 amide bonds. The highest BCUT2D eigenvalue weighted by atomic mass is 14.9. The van der Waals surface area contributed by atoms with E-state index in [0.29, 0.717) is 6.04 Å². The summed E-state index contributed by atoms with van der Waals surface area (Å²) in [4.78, 5) is 0. The number of aromatic nitrogens is 1. The highest BCUT2D eigenvalue weighted by Crippen LogP contribution is 2.28. The summed E-state index contributed by atoms with van der Waals surface area (Å²) in [5.74, 6) is 0. The second-order valence-electron chi connectivity index (χ2n) is 4.26.